The van der Waals surface area contributed by atoms with Gasteiger partial charge in [-0.15, -0.1) is 0 Å². The number of hydrogen-bond donors (Lipinski definition) is 1. The zero-order valence-electron chi connectivity index (χ0n) is 17.9. The summed E-state index contributed by atoms with van der Waals surface area (Å²) in [5.41, 5.74) is 5.98. The molecule has 0 aromatic heterocycles. The fourth-order valence-corrected chi connectivity index (χ4v) is 5.53. The third-order valence-electron chi connectivity index (χ3n) is 7.25. The van der Waals surface area contributed by atoms with Crippen LogP contribution in [0.25, 0.3) is 0 Å². The third kappa shape index (κ3) is 3.30. The Bertz CT molecular complexity index is 942. The minimum absolute atomic E-state index is 0.188. The van der Waals surface area contributed by atoms with Gasteiger partial charge in [-0.25, -0.2) is 0 Å². The van der Waals surface area contributed by atoms with Crippen LogP contribution in [0.5, 0.6) is 0 Å². The van der Waals surface area contributed by atoms with E-state index in [-0.39, 0.29) is 12.0 Å². The van der Waals surface area contributed by atoms with Crippen LogP contribution in [0.1, 0.15) is 48.0 Å². The Kier molecular flexibility index (Phi) is 5.03. The number of hydrogen-bond acceptors (Lipinski definition) is 4. The molecule has 3 heterocycles. The lowest BCUT2D eigenvalue weighted by Gasteiger charge is -2.41. The van der Waals surface area contributed by atoms with Crippen LogP contribution in [-0.2, 0) is 4.79 Å². The Balaban J connectivity index is 1.23. The standard InChI is InChI=1S/C25H31N3O2/c1-17-8-10-18(11-9-17)23(29)7-4-13-27-14-12-21-20(15-27)19-5-3-6-22-25(19)28(21)16-24(30)26(22)2/h3,5-6,8-11,20-21,23,29H,4,7,12-16H2,1-2H3/t20-,21-,23+/m0/s1. The second-order valence-corrected chi connectivity index (χ2v) is 9.13. The number of rotatable bonds is 5. The summed E-state index contributed by atoms with van der Waals surface area (Å²) in [6, 6.07) is 15.1. The molecule has 1 saturated heterocycles. The number of nitrogens with zero attached hydrogens (tertiary/aromatic N) is 3. The molecule has 2 aromatic rings. The number of aliphatic hydroxyl groups is 1. The molecule has 0 bridgehead atoms. The zero-order valence-corrected chi connectivity index (χ0v) is 17.9. The second kappa shape index (κ2) is 7.71. The molecule has 0 spiro atoms. The van der Waals surface area contributed by atoms with E-state index in [9.17, 15) is 9.90 Å². The Labute approximate surface area is 178 Å². The molecular formula is C25H31N3O2. The van der Waals surface area contributed by atoms with E-state index in [2.05, 4.69) is 47.1 Å². The van der Waals surface area contributed by atoms with Gasteiger partial charge < -0.3 is 19.8 Å². The number of anilines is 2. The van der Waals surface area contributed by atoms with E-state index in [1.54, 1.807) is 0 Å². The quantitative estimate of drug-likeness (QED) is 0.828. The molecule has 158 valence electrons. The van der Waals surface area contributed by atoms with Gasteiger partial charge in [0.05, 0.1) is 24.0 Å². The van der Waals surface area contributed by atoms with Gasteiger partial charge in [-0.1, -0.05) is 42.0 Å². The fraction of sp³-hybridized carbons (Fsp3) is 0.480. The van der Waals surface area contributed by atoms with Crippen LogP contribution in [0.15, 0.2) is 42.5 Å². The largest absolute Gasteiger partial charge is 0.388 e. The molecule has 0 aliphatic carbocycles. The van der Waals surface area contributed by atoms with Gasteiger partial charge >= 0.3 is 0 Å². The van der Waals surface area contributed by atoms with Crippen LogP contribution >= 0.6 is 0 Å². The Morgan fingerprint density at radius 1 is 1.17 bits per heavy atom. The van der Waals surface area contributed by atoms with Crippen molar-refractivity contribution in [3.63, 3.8) is 0 Å². The summed E-state index contributed by atoms with van der Waals surface area (Å²) in [6.07, 6.45) is 2.49. The molecule has 1 fully saturated rings. The van der Waals surface area contributed by atoms with Crippen LogP contribution in [0.3, 0.4) is 0 Å². The molecule has 0 saturated carbocycles. The number of carbonyl (C=O) groups excluding carboxylic acids is 1. The first-order valence-corrected chi connectivity index (χ1v) is 11.2. The van der Waals surface area contributed by atoms with Gasteiger partial charge in [0.1, 0.15) is 0 Å². The third-order valence-corrected chi connectivity index (χ3v) is 7.25. The summed E-state index contributed by atoms with van der Waals surface area (Å²) in [6.45, 7) is 5.69. The number of carbonyl (C=O) groups is 1. The maximum Gasteiger partial charge on any atom is 0.246 e. The van der Waals surface area contributed by atoms with Crippen molar-refractivity contribution in [2.45, 2.75) is 44.2 Å². The van der Waals surface area contributed by atoms with Gasteiger partial charge in [-0.3, -0.25) is 4.79 Å². The molecule has 5 rings (SSSR count). The number of likely N-dealkylation sites (tertiary alicyclic amines) is 1. The molecule has 30 heavy (non-hydrogen) atoms. The molecule has 1 N–H and O–H groups in total. The Morgan fingerprint density at radius 2 is 1.97 bits per heavy atom. The molecule has 3 aliphatic rings. The Morgan fingerprint density at radius 3 is 2.77 bits per heavy atom. The minimum atomic E-state index is -0.385. The molecular weight excluding hydrogens is 374 g/mol. The summed E-state index contributed by atoms with van der Waals surface area (Å²) in [4.78, 5) is 19.2. The maximum atomic E-state index is 12.5. The number of amides is 1. The van der Waals surface area contributed by atoms with Crippen molar-refractivity contribution in [1.29, 1.82) is 0 Å². The second-order valence-electron chi connectivity index (χ2n) is 9.13. The van der Waals surface area contributed by atoms with E-state index in [4.69, 9.17) is 0 Å². The van der Waals surface area contributed by atoms with Crippen molar-refractivity contribution < 1.29 is 9.90 Å². The predicted molar refractivity (Wildman–Crippen MR) is 120 cm³/mol. The highest BCUT2D eigenvalue weighted by molar-refractivity contribution is 6.04. The van der Waals surface area contributed by atoms with E-state index in [1.165, 1.54) is 16.8 Å². The van der Waals surface area contributed by atoms with Gasteiger partial charge in [0.2, 0.25) is 5.91 Å². The van der Waals surface area contributed by atoms with Crippen LogP contribution in [0.4, 0.5) is 11.4 Å². The highest BCUT2D eigenvalue weighted by Gasteiger charge is 2.46. The van der Waals surface area contributed by atoms with E-state index >= 15 is 0 Å². The lowest BCUT2D eigenvalue weighted by atomic mass is 9.89. The van der Waals surface area contributed by atoms with Gasteiger partial charge in [0.15, 0.2) is 0 Å². The van der Waals surface area contributed by atoms with Crippen LogP contribution < -0.4 is 9.80 Å². The number of piperidine rings is 1. The number of aryl methyl sites for hydroxylation is 1. The fourth-order valence-electron chi connectivity index (χ4n) is 5.53. The maximum absolute atomic E-state index is 12.5. The van der Waals surface area contributed by atoms with Crippen molar-refractivity contribution >= 4 is 17.3 Å². The molecule has 0 unspecified atom stereocenters. The smallest absolute Gasteiger partial charge is 0.246 e. The molecule has 2 aromatic carbocycles. The predicted octanol–water partition coefficient (Wildman–Crippen LogP) is 3.46. The molecule has 5 heteroatoms. The van der Waals surface area contributed by atoms with E-state index in [1.807, 2.05) is 24.1 Å². The van der Waals surface area contributed by atoms with Gasteiger partial charge in [-0.2, -0.15) is 0 Å². The van der Waals surface area contributed by atoms with Crippen molar-refractivity contribution in [3.05, 3.63) is 59.2 Å². The monoisotopic (exact) mass is 405 g/mol. The highest BCUT2D eigenvalue weighted by Crippen LogP contribution is 2.50. The lowest BCUT2D eigenvalue weighted by Crippen LogP contribution is -2.51. The molecule has 0 radical (unpaired) electrons. The first-order chi connectivity index (χ1) is 14.5. The van der Waals surface area contributed by atoms with Crippen LogP contribution in [0.2, 0.25) is 0 Å². The first kappa shape index (κ1) is 19.6. The molecule has 1 amide bonds. The number of benzene rings is 2. The summed E-state index contributed by atoms with van der Waals surface area (Å²) in [5.74, 6) is 0.655. The molecule has 3 atom stereocenters. The van der Waals surface area contributed by atoms with Crippen molar-refractivity contribution in [1.82, 2.24) is 4.90 Å². The summed E-state index contributed by atoms with van der Waals surface area (Å²) in [5, 5.41) is 10.5. The van der Waals surface area contributed by atoms with Gasteiger partial charge in [0.25, 0.3) is 0 Å². The van der Waals surface area contributed by atoms with Gasteiger partial charge in [-0.05, 0) is 49.9 Å². The number of aliphatic hydroxyl groups excluding tert-OH is 1. The topological polar surface area (TPSA) is 47.0 Å². The van der Waals surface area contributed by atoms with E-state index in [0.29, 0.717) is 18.5 Å². The van der Waals surface area contributed by atoms with Crippen molar-refractivity contribution in [2.75, 3.05) is 43.0 Å². The number of para-hydroxylation sites is 1. The molecule has 3 aliphatic heterocycles. The summed E-state index contributed by atoms with van der Waals surface area (Å²) in [7, 11) is 1.89. The lowest BCUT2D eigenvalue weighted by molar-refractivity contribution is -0.117. The summed E-state index contributed by atoms with van der Waals surface area (Å²) < 4.78 is 0. The number of likely N-dealkylation sites (N-methyl/N-ethyl adjacent to an activating group) is 1. The SMILES string of the molecule is Cc1ccc([C@H](O)CCCN2CC[C@H]3[C@@H](C2)c2cccc4c2N3CC(=O)N4C)cc1. The minimum Gasteiger partial charge on any atom is -0.388 e. The van der Waals surface area contributed by atoms with Crippen LogP contribution in [-0.4, -0.2) is 55.2 Å². The van der Waals surface area contributed by atoms with E-state index < -0.39 is 0 Å². The first-order valence-electron chi connectivity index (χ1n) is 11.2. The summed E-state index contributed by atoms with van der Waals surface area (Å²) >= 11 is 0. The normalized spacial score (nSPS) is 24.0. The van der Waals surface area contributed by atoms with Crippen molar-refractivity contribution in [2.24, 2.45) is 0 Å². The van der Waals surface area contributed by atoms with Crippen molar-refractivity contribution in [3.8, 4) is 0 Å². The highest BCUT2D eigenvalue weighted by atomic mass is 16.3. The van der Waals surface area contributed by atoms with Crippen LogP contribution in [0, 0.1) is 6.92 Å². The number of fused-ring (bicyclic) bond motifs is 3. The molecule has 5 nitrogen and oxygen atoms in total. The Hall–Kier alpha value is -2.37. The average molecular weight is 406 g/mol. The average Bonchev–Trinajstić information content (AvgIpc) is 3.06. The zero-order chi connectivity index (χ0) is 20.8. The van der Waals surface area contributed by atoms with Gasteiger partial charge in [0, 0.05) is 32.1 Å². The van der Waals surface area contributed by atoms with E-state index in [0.717, 1.165) is 50.1 Å².